The van der Waals surface area contributed by atoms with E-state index in [2.05, 4.69) is 24.3 Å². The molecule has 0 radical (unpaired) electrons. The Morgan fingerprint density at radius 2 is 1.65 bits per heavy atom. The summed E-state index contributed by atoms with van der Waals surface area (Å²) in [4.78, 5) is 23.5. The van der Waals surface area contributed by atoms with E-state index in [0.717, 1.165) is 11.1 Å². The van der Waals surface area contributed by atoms with Crippen molar-refractivity contribution in [2.45, 2.75) is 18.8 Å². The molecule has 0 aliphatic heterocycles. The van der Waals surface area contributed by atoms with Gasteiger partial charge in [0, 0.05) is 5.92 Å². The summed E-state index contributed by atoms with van der Waals surface area (Å²) < 4.78 is 5.49. The van der Waals surface area contributed by atoms with Crippen molar-refractivity contribution >= 4 is 23.7 Å². The van der Waals surface area contributed by atoms with E-state index in [1.54, 1.807) is 11.8 Å². The van der Waals surface area contributed by atoms with Gasteiger partial charge >= 0.3 is 11.9 Å². The second-order valence-corrected chi connectivity index (χ2v) is 7.42. The second kappa shape index (κ2) is 8.41. The largest absolute Gasteiger partial charge is 0.481 e. The lowest BCUT2D eigenvalue weighted by atomic mass is 9.98. The molecule has 0 spiro atoms. The van der Waals surface area contributed by atoms with Crippen LogP contribution in [0.3, 0.4) is 0 Å². The Bertz CT molecular complexity index is 757. The van der Waals surface area contributed by atoms with Crippen LogP contribution >= 0.6 is 11.8 Å². The summed E-state index contributed by atoms with van der Waals surface area (Å²) in [6, 6.07) is 16.3. The third-order valence-corrected chi connectivity index (χ3v) is 5.45. The average Bonchev–Trinajstić information content (AvgIpc) is 2.97. The molecule has 0 fully saturated rings. The number of hydrogen-bond donors (Lipinski definition) is 1. The molecule has 3 rings (SSSR count). The maximum absolute atomic E-state index is 12.2. The molecule has 1 N–H and O–H groups in total. The topological polar surface area (TPSA) is 63.6 Å². The number of carboxylic acids is 1. The standard InChI is InChI=1S/C21H22O4S/c1-26-11-10-14(21(23)24)12-20(22)25-13-19-17-8-4-2-6-15(17)16-7-3-5-9-18(16)19/h2-9,14,19H,10-13H2,1H3,(H,23,24)/t14-/m1/s1. The minimum absolute atomic E-state index is 0.000764. The van der Waals surface area contributed by atoms with E-state index < -0.39 is 17.9 Å². The van der Waals surface area contributed by atoms with E-state index in [9.17, 15) is 14.7 Å². The minimum atomic E-state index is -0.937. The molecule has 0 amide bonds. The molecule has 0 bridgehead atoms. The van der Waals surface area contributed by atoms with Crippen molar-refractivity contribution in [3.63, 3.8) is 0 Å². The van der Waals surface area contributed by atoms with Gasteiger partial charge in [-0.05, 0) is 40.7 Å². The molecule has 2 aromatic rings. The number of rotatable bonds is 8. The van der Waals surface area contributed by atoms with Crippen LogP contribution in [-0.4, -0.2) is 35.7 Å². The van der Waals surface area contributed by atoms with Crippen molar-refractivity contribution < 1.29 is 19.4 Å². The lowest BCUT2D eigenvalue weighted by molar-refractivity contribution is -0.151. The van der Waals surface area contributed by atoms with Gasteiger partial charge in [0.25, 0.3) is 0 Å². The van der Waals surface area contributed by atoms with Crippen molar-refractivity contribution in [1.82, 2.24) is 0 Å². The zero-order valence-corrected chi connectivity index (χ0v) is 15.5. The number of carboxylic acid groups (broad SMARTS) is 1. The molecule has 136 valence electrons. The number of aliphatic carboxylic acids is 1. The molecule has 5 heteroatoms. The third kappa shape index (κ3) is 3.93. The molecule has 0 saturated carbocycles. The molecule has 0 heterocycles. The van der Waals surface area contributed by atoms with Gasteiger partial charge in [0.15, 0.2) is 0 Å². The quantitative estimate of drug-likeness (QED) is 0.706. The van der Waals surface area contributed by atoms with E-state index in [1.807, 2.05) is 30.5 Å². The van der Waals surface area contributed by atoms with Crippen LogP contribution in [0.1, 0.15) is 29.9 Å². The number of thioether (sulfide) groups is 1. The van der Waals surface area contributed by atoms with Crippen LogP contribution in [0.15, 0.2) is 48.5 Å². The molecule has 0 unspecified atom stereocenters. The Balaban J connectivity index is 1.68. The number of fused-ring (bicyclic) bond motifs is 3. The molecular formula is C21H22O4S. The monoisotopic (exact) mass is 370 g/mol. The first kappa shape index (κ1) is 18.5. The summed E-state index contributed by atoms with van der Waals surface area (Å²) >= 11 is 1.58. The number of benzene rings is 2. The molecule has 26 heavy (non-hydrogen) atoms. The highest BCUT2D eigenvalue weighted by atomic mass is 32.2. The fraction of sp³-hybridized carbons (Fsp3) is 0.333. The van der Waals surface area contributed by atoms with Crippen LogP contribution in [0.4, 0.5) is 0 Å². The third-order valence-electron chi connectivity index (χ3n) is 4.81. The van der Waals surface area contributed by atoms with Gasteiger partial charge in [0.1, 0.15) is 6.61 Å². The SMILES string of the molecule is CSCC[C@H](CC(=O)OCC1c2ccccc2-c2ccccc21)C(=O)O. The van der Waals surface area contributed by atoms with E-state index in [4.69, 9.17) is 4.74 Å². The first-order valence-corrected chi connectivity index (χ1v) is 10.1. The summed E-state index contributed by atoms with van der Waals surface area (Å²) in [7, 11) is 0. The highest BCUT2D eigenvalue weighted by molar-refractivity contribution is 7.98. The fourth-order valence-electron chi connectivity index (χ4n) is 3.45. The fourth-order valence-corrected chi connectivity index (χ4v) is 3.97. The van der Waals surface area contributed by atoms with Crippen molar-refractivity contribution in [3.8, 4) is 11.1 Å². The number of esters is 1. The second-order valence-electron chi connectivity index (χ2n) is 6.43. The summed E-state index contributed by atoms with van der Waals surface area (Å²) in [5, 5.41) is 9.27. The predicted octanol–water partition coefficient (Wildman–Crippen LogP) is 4.19. The van der Waals surface area contributed by atoms with Crippen LogP contribution in [0.2, 0.25) is 0 Å². The first-order valence-electron chi connectivity index (χ1n) is 8.67. The Hall–Kier alpha value is -2.27. The Kier molecular flexibility index (Phi) is 5.99. The Morgan fingerprint density at radius 1 is 1.08 bits per heavy atom. The number of ether oxygens (including phenoxy) is 1. The van der Waals surface area contributed by atoms with Crippen LogP contribution in [0, 0.1) is 5.92 Å². The lowest BCUT2D eigenvalue weighted by Gasteiger charge is -2.16. The molecule has 2 aromatic carbocycles. The first-order chi connectivity index (χ1) is 12.6. The zero-order chi connectivity index (χ0) is 18.5. The van der Waals surface area contributed by atoms with Crippen molar-refractivity contribution in [2.24, 2.45) is 5.92 Å². The Morgan fingerprint density at radius 3 is 2.19 bits per heavy atom. The van der Waals surface area contributed by atoms with Crippen molar-refractivity contribution in [1.29, 1.82) is 0 Å². The molecule has 4 nitrogen and oxygen atoms in total. The molecule has 1 atom stereocenters. The van der Waals surface area contributed by atoms with Crippen LogP contribution < -0.4 is 0 Å². The van der Waals surface area contributed by atoms with Crippen molar-refractivity contribution in [3.05, 3.63) is 59.7 Å². The smallest absolute Gasteiger partial charge is 0.307 e. The Labute approximate surface area is 157 Å². The van der Waals surface area contributed by atoms with Gasteiger partial charge in [0.2, 0.25) is 0 Å². The summed E-state index contributed by atoms with van der Waals surface area (Å²) in [5.41, 5.74) is 4.65. The molecule has 0 saturated heterocycles. The molecule has 0 aromatic heterocycles. The lowest BCUT2D eigenvalue weighted by Crippen LogP contribution is -2.21. The van der Waals surface area contributed by atoms with E-state index in [1.165, 1.54) is 11.1 Å². The summed E-state index contributed by atoms with van der Waals surface area (Å²) in [6.45, 7) is 0.238. The van der Waals surface area contributed by atoms with Gasteiger partial charge < -0.3 is 9.84 Å². The molecular weight excluding hydrogens is 348 g/mol. The summed E-state index contributed by atoms with van der Waals surface area (Å²) in [6.07, 6.45) is 2.32. The average molecular weight is 370 g/mol. The molecule has 1 aliphatic carbocycles. The molecule has 1 aliphatic rings. The predicted molar refractivity (Wildman–Crippen MR) is 103 cm³/mol. The van der Waals surface area contributed by atoms with E-state index >= 15 is 0 Å². The maximum Gasteiger partial charge on any atom is 0.307 e. The van der Waals surface area contributed by atoms with Gasteiger partial charge in [-0.3, -0.25) is 9.59 Å². The number of hydrogen-bond acceptors (Lipinski definition) is 4. The van der Waals surface area contributed by atoms with Crippen LogP contribution in [0.25, 0.3) is 11.1 Å². The van der Waals surface area contributed by atoms with Gasteiger partial charge in [-0.1, -0.05) is 48.5 Å². The minimum Gasteiger partial charge on any atom is -0.481 e. The van der Waals surface area contributed by atoms with E-state index in [-0.39, 0.29) is 18.9 Å². The normalized spacial score (nSPS) is 13.7. The van der Waals surface area contributed by atoms with Gasteiger partial charge in [-0.25, -0.2) is 0 Å². The number of carbonyl (C=O) groups excluding carboxylic acids is 1. The maximum atomic E-state index is 12.2. The highest BCUT2D eigenvalue weighted by Crippen LogP contribution is 2.44. The zero-order valence-electron chi connectivity index (χ0n) is 14.7. The van der Waals surface area contributed by atoms with E-state index in [0.29, 0.717) is 12.2 Å². The van der Waals surface area contributed by atoms with Crippen molar-refractivity contribution in [2.75, 3.05) is 18.6 Å². The highest BCUT2D eigenvalue weighted by Gasteiger charge is 2.29. The van der Waals surface area contributed by atoms with Gasteiger partial charge in [-0.15, -0.1) is 0 Å². The summed E-state index contributed by atoms with van der Waals surface area (Å²) in [5.74, 6) is -1.35. The van der Waals surface area contributed by atoms with Crippen LogP contribution in [-0.2, 0) is 14.3 Å². The van der Waals surface area contributed by atoms with Crippen LogP contribution in [0.5, 0.6) is 0 Å². The number of carbonyl (C=O) groups is 2. The van der Waals surface area contributed by atoms with Gasteiger partial charge in [-0.2, -0.15) is 11.8 Å². The van der Waals surface area contributed by atoms with Gasteiger partial charge in [0.05, 0.1) is 12.3 Å².